The Morgan fingerprint density at radius 1 is 1.08 bits per heavy atom. The predicted molar refractivity (Wildman–Crippen MR) is 94.7 cm³/mol. The number of halogens is 2. The average molecular weight is 365 g/mol. The second-order valence-corrected chi connectivity index (χ2v) is 6.05. The smallest absolute Gasteiger partial charge is 0.275 e. The minimum absolute atomic E-state index is 0.0936. The molecule has 0 saturated carbocycles. The van der Waals surface area contributed by atoms with Gasteiger partial charge in [-0.05, 0) is 43.3 Å². The third kappa shape index (κ3) is 6.52. The molecule has 7 heteroatoms. The van der Waals surface area contributed by atoms with Crippen molar-refractivity contribution in [3.05, 3.63) is 64.9 Å². The van der Waals surface area contributed by atoms with E-state index in [2.05, 4.69) is 10.6 Å². The lowest BCUT2D eigenvalue weighted by molar-refractivity contribution is -0.682. The Kier molecular flexibility index (Phi) is 6.91. The molecular formula is C18H20ClFN3O2+. The summed E-state index contributed by atoms with van der Waals surface area (Å²) in [5.41, 5.74) is 1.54. The number of nitrogens with two attached hydrogens (primary N) is 1. The Morgan fingerprint density at radius 3 is 2.36 bits per heavy atom. The van der Waals surface area contributed by atoms with Crippen LogP contribution in [-0.4, -0.2) is 24.9 Å². The van der Waals surface area contributed by atoms with Crippen LogP contribution in [0, 0.1) is 5.82 Å². The number of amides is 2. The predicted octanol–water partition coefficient (Wildman–Crippen LogP) is 1.86. The Morgan fingerprint density at radius 2 is 1.72 bits per heavy atom. The van der Waals surface area contributed by atoms with Crippen molar-refractivity contribution in [2.45, 2.75) is 13.0 Å². The van der Waals surface area contributed by atoms with Crippen LogP contribution >= 0.6 is 11.6 Å². The number of carbonyl (C=O) groups excluding carboxylic acids is 2. The molecule has 0 heterocycles. The van der Waals surface area contributed by atoms with Gasteiger partial charge in [0.05, 0.1) is 6.54 Å². The molecular weight excluding hydrogens is 345 g/mol. The third-order valence-electron chi connectivity index (χ3n) is 3.63. The summed E-state index contributed by atoms with van der Waals surface area (Å²) in [6.07, 6.45) is 0. The van der Waals surface area contributed by atoms with E-state index in [-0.39, 0.29) is 36.8 Å². The number of carbonyl (C=O) groups is 2. The van der Waals surface area contributed by atoms with Gasteiger partial charge in [-0.3, -0.25) is 9.59 Å². The van der Waals surface area contributed by atoms with E-state index in [1.165, 1.54) is 24.3 Å². The van der Waals surface area contributed by atoms with Gasteiger partial charge in [-0.1, -0.05) is 23.7 Å². The molecule has 0 saturated heterocycles. The van der Waals surface area contributed by atoms with E-state index in [4.69, 9.17) is 11.6 Å². The highest BCUT2D eigenvalue weighted by atomic mass is 35.5. The van der Waals surface area contributed by atoms with Crippen molar-refractivity contribution in [1.82, 2.24) is 5.32 Å². The Bertz CT molecular complexity index is 720. The Labute approximate surface area is 150 Å². The van der Waals surface area contributed by atoms with E-state index in [0.717, 1.165) is 5.56 Å². The van der Waals surface area contributed by atoms with E-state index in [0.29, 0.717) is 10.7 Å². The summed E-state index contributed by atoms with van der Waals surface area (Å²) in [4.78, 5) is 23.6. The molecule has 2 rings (SSSR count). The molecule has 2 aromatic rings. The number of hydrogen-bond acceptors (Lipinski definition) is 2. The molecule has 4 N–H and O–H groups in total. The van der Waals surface area contributed by atoms with Crippen molar-refractivity contribution in [3.63, 3.8) is 0 Å². The molecule has 0 spiro atoms. The summed E-state index contributed by atoms with van der Waals surface area (Å²) < 4.78 is 12.8. The van der Waals surface area contributed by atoms with Crippen LogP contribution in [0.25, 0.3) is 0 Å². The SMILES string of the molecule is C[C@@H]([NH2+]CC(=O)NCC(=O)Nc1ccc(F)cc1)c1ccc(Cl)cc1. The van der Waals surface area contributed by atoms with Gasteiger partial charge in [0.1, 0.15) is 11.9 Å². The van der Waals surface area contributed by atoms with Gasteiger partial charge in [-0.2, -0.15) is 0 Å². The summed E-state index contributed by atoms with van der Waals surface area (Å²) in [5.74, 6) is -0.988. The molecule has 2 amide bonds. The quantitative estimate of drug-likeness (QED) is 0.701. The number of quaternary nitrogens is 1. The standard InChI is InChI=1S/C18H19ClFN3O2/c1-12(13-2-4-14(19)5-3-13)21-10-17(24)22-11-18(25)23-16-8-6-15(20)7-9-16/h2-9,12,21H,10-11H2,1H3,(H,22,24)(H,23,25)/p+1/t12-/m1/s1. The number of rotatable bonds is 7. The summed E-state index contributed by atoms with van der Waals surface area (Å²) in [7, 11) is 0. The van der Waals surface area contributed by atoms with Crippen LogP contribution in [0.1, 0.15) is 18.5 Å². The second-order valence-electron chi connectivity index (χ2n) is 5.61. The van der Waals surface area contributed by atoms with Crippen LogP contribution in [-0.2, 0) is 9.59 Å². The van der Waals surface area contributed by atoms with E-state index < -0.39 is 0 Å². The van der Waals surface area contributed by atoms with Crippen LogP contribution in [0.3, 0.4) is 0 Å². The molecule has 0 fully saturated rings. The Balaban J connectivity index is 1.70. The van der Waals surface area contributed by atoms with E-state index in [9.17, 15) is 14.0 Å². The van der Waals surface area contributed by atoms with Gasteiger partial charge in [0.2, 0.25) is 5.91 Å². The molecule has 2 aromatic carbocycles. The van der Waals surface area contributed by atoms with E-state index in [1.54, 1.807) is 12.1 Å². The van der Waals surface area contributed by atoms with E-state index in [1.807, 2.05) is 24.4 Å². The van der Waals surface area contributed by atoms with Crippen LogP contribution in [0.15, 0.2) is 48.5 Å². The first-order valence-electron chi connectivity index (χ1n) is 7.85. The second kappa shape index (κ2) is 9.15. The summed E-state index contributed by atoms with van der Waals surface area (Å²) in [6.45, 7) is 2.05. The molecule has 0 aromatic heterocycles. The average Bonchev–Trinajstić information content (AvgIpc) is 2.60. The maximum Gasteiger partial charge on any atom is 0.275 e. The molecule has 132 valence electrons. The first-order chi connectivity index (χ1) is 11.9. The first-order valence-corrected chi connectivity index (χ1v) is 8.23. The lowest BCUT2D eigenvalue weighted by atomic mass is 10.1. The molecule has 0 aliphatic carbocycles. The fourth-order valence-corrected chi connectivity index (χ4v) is 2.30. The van der Waals surface area contributed by atoms with Crippen molar-refractivity contribution in [3.8, 4) is 0 Å². The largest absolute Gasteiger partial charge is 0.342 e. The fraction of sp³-hybridized carbons (Fsp3) is 0.222. The molecule has 1 atom stereocenters. The van der Waals surface area contributed by atoms with Gasteiger partial charge in [-0.15, -0.1) is 0 Å². The van der Waals surface area contributed by atoms with Crippen molar-refractivity contribution < 1.29 is 19.3 Å². The highest BCUT2D eigenvalue weighted by Gasteiger charge is 2.12. The lowest BCUT2D eigenvalue weighted by Gasteiger charge is -2.11. The maximum atomic E-state index is 12.8. The van der Waals surface area contributed by atoms with Crippen LogP contribution in [0.5, 0.6) is 0 Å². The zero-order chi connectivity index (χ0) is 18.2. The molecule has 5 nitrogen and oxygen atoms in total. The lowest BCUT2D eigenvalue weighted by Crippen LogP contribution is -2.87. The zero-order valence-corrected chi connectivity index (χ0v) is 14.5. The molecule has 25 heavy (non-hydrogen) atoms. The summed E-state index contributed by atoms with van der Waals surface area (Å²) in [6, 6.07) is 12.9. The van der Waals surface area contributed by atoms with E-state index >= 15 is 0 Å². The summed E-state index contributed by atoms with van der Waals surface area (Å²) >= 11 is 5.85. The first kappa shape index (κ1) is 18.9. The van der Waals surface area contributed by atoms with Gasteiger partial charge in [0.15, 0.2) is 6.54 Å². The monoisotopic (exact) mass is 364 g/mol. The fourth-order valence-electron chi connectivity index (χ4n) is 2.18. The number of benzene rings is 2. The van der Waals surface area contributed by atoms with Gasteiger partial charge in [0, 0.05) is 16.3 Å². The molecule has 0 radical (unpaired) electrons. The molecule has 0 unspecified atom stereocenters. The normalized spacial score (nSPS) is 11.6. The highest BCUT2D eigenvalue weighted by Crippen LogP contribution is 2.13. The van der Waals surface area contributed by atoms with Crippen molar-refractivity contribution in [2.24, 2.45) is 0 Å². The maximum absolute atomic E-state index is 12.8. The minimum Gasteiger partial charge on any atom is -0.342 e. The van der Waals surface area contributed by atoms with Gasteiger partial charge in [-0.25, -0.2) is 4.39 Å². The molecule has 0 bridgehead atoms. The Hall–Kier alpha value is -2.44. The molecule has 0 aliphatic rings. The van der Waals surface area contributed by atoms with Gasteiger partial charge < -0.3 is 16.0 Å². The van der Waals surface area contributed by atoms with Crippen molar-refractivity contribution in [1.29, 1.82) is 0 Å². The number of hydrogen-bond donors (Lipinski definition) is 3. The molecule has 0 aliphatic heterocycles. The van der Waals surface area contributed by atoms with Crippen LogP contribution in [0.4, 0.5) is 10.1 Å². The van der Waals surface area contributed by atoms with Gasteiger partial charge in [0.25, 0.3) is 5.91 Å². The van der Waals surface area contributed by atoms with Gasteiger partial charge >= 0.3 is 0 Å². The summed E-state index contributed by atoms with van der Waals surface area (Å²) in [5, 5.41) is 7.67. The highest BCUT2D eigenvalue weighted by molar-refractivity contribution is 6.30. The number of anilines is 1. The van der Waals surface area contributed by atoms with Crippen molar-refractivity contribution in [2.75, 3.05) is 18.4 Å². The van der Waals surface area contributed by atoms with Crippen molar-refractivity contribution >= 4 is 29.1 Å². The topological polar surface area (TPSA) is 74.8 Å². The third-order valence-corrected chi connectivity index (χ3v) is 3.88. The minimum atomic E-state index is -0.378. The number of nitrogens with one attached hydrogen (secondary N) is 2. The van der Waals surface area contributed by atoms with Crippen LogP contribution in [0.2, 0.25) is 5.02 Å². The zero-order valence-electron chi connectivity index (χ0n) is 13.8. The van der Waals surface area contributed by atoms with Crippen LogP contribution < -0.4 is 16.0 Å².